The van der Waals surface area contributed by atoms with Gasteiger partial charge in [0.05, 0.1) is 16.8 Å². The molecule has 6 nitrogen and oxygen atoms in total. The Morgan fingerprint density at radius 1 is 1.39 bits per heavy atom. The highest BCUT2D eigenvalue weighted by atomic mass is 19.4. The minimum absolute atomic E-state index is 0.0355. The normalized spacial score (nSPS) is 21.3. The molecular weight excluding hydrogens is 315 g/mol. The van der Waals surface area contributed by atoms with Gasteiger partial charge in [-0.2, -0.15) is 13.2 Å². The standard InChI is InChI=1S/C14H16F3N3O3/c1-8-9(3-4-10(18-8)14(15,16)17)19-12(23)20-6-5-13(2,7-20)11(21)22/h3-4H,5-7H2,1-2H3,(H,19,23)(H,21,22). The Morgan fingerprint density at radius 3 is 2.52 bits per heavy atom. The van der Waals surface area contributed by atoms with E-state index in [1.807, 2.05) is 0 Å². The molecule has 1 saturated heterocycles. The number of pyridine rings is 1. The highest BCUT2D eigenvalue weighted by Crippen LogP contribution is 2.31. The zero-order chi connectivity index (χ0) is 17.4. The molecule has 0 bridgehead atoms. The van der Waals surface area contributed by atoms with Crippen molar-refractivity contribution in [2.24, 2.45) is 5.41 Å². The number of nitrogens with zero attached hydrogens (tertiary/aromatic N) is 2. The van der Waals surface area contributed by atoms with E-state index in [2.05, 4.69) is 10.3 Å². The number of carbonyl (C=O) groups excluding carboxylic acids is 1. The second-order valence-corrected chi connectivity index (χ2v) is 5.79. The predicted molar refractivity (Wildman–Crippen MR) is 74.9 cm³/mol. The Balaban J connectivity index is 2.09. The third kappa shape index (κ3) is 3.54. The number of anilines is 1. The maximum Gasteiger partial charge on any atom is 0.433 e. The van der Waals surface area contributed by atoms with Crippen LogP contribution < -0.4 is 5.32 Å². The van der Waals surface area contributed by atoms with Gasteiger partial charge < -0.3 is 15.3 Å². The molecule has 0 spiro atoms. The Bertz CT molecular complexity index is 648. The number of urea groups is 1. The van der Waals surface area contributed by atoms with Crippen molar-refractivity contribution in [3.63, 3.8) is 0 Å². The van der Waals surface area contributed by atoms with E-state index < -0.39 is 29.3 Å². The van der Waals surface area contributed by atoms with Crippen molar-refractivity contribution in [2.45, 2.75) is 26.4 Å². The van der Waals surface area contributed by atoms with E-state index in [9.17, 15) is 22.8 Å². The van der Waals surface area contributed by atoms with Crippen LogP contribution in [-0.4, -0.2) is 40.1 Å². The number of carboxylic acid groups (broad SMARTS) is 1. The molecule has 1 unspecified atom stereocenters. The van der Waals surface area contributed by atoms with Crippen LogP contribution in [0.3, 0.4) is 0 Å². The first-order valence-corrected chi connectivity index (χ1v) is 6.87. The number of alkyl halides is 3. The SMILES string of the molecule is Cc1nc(C(F)(F)F)ccc1NC(=O)N1CCC(C)(C(=O)O)C1. The molecule has 1 aromatic rings. The number of likely N-dealkylation sites (tertiary alicyclic amines) is 1. The third-order valence-corrected chi connectivity index (χ3v) is 3.89. The topological polar surface area (TPSA) is 82.5 Å². The molecule has 0 saturated carbocycles. The van der Waals surface area contributed by atoms with Crippen LogP contribution in [0.4, 0.5) is 23.7 Å². The minimum Gasteiger partial charge on any atom is -0.481 e. The Hall–Kier alpha value is -2.32. The van der Waals surface area contributed by atoms with Gasteiger partial charge >= 0.3 is 18.2 Å². The summed E-state index contributed by atoms with van der Waals surface area (Å²) in [7, 11) is 0. The molecule has 0 radical (unpaired) electrons. The molecule has 1 fully saturated rings. The fourth-order valence-corrected chi connectivity index (χ4v) is 2.35. The highest BCUT2D eigenvalue weighted by molar-refractivity contribution is 5.90. The molecule has 0 aliphatic carbocycles. The minimum atomic E-state index is -4.55. The number of carbonyl (C=O) groups is 2. The molecule has 0 aromatic carbocycles. The first kappa shape index (κ1) is 17.0. The summed E-state index contributed by atoms with van der Waals surface area (Å²) in [6.07, 6.45) is -4.23. The molecule has 2 rings (SSSR count). The number of rotatable bonds is 2. The lowest BCUT2D eigenvalue weighted by Crippen LogP contribution is -2.37. The summed E-state index contributed by atoms with van der Waals surface area (Å²) in [5.41, 5.74) is -1.85. The van der Waals surface area contributed by atoms with E-state index in [1.54, 1.807) is 6.92 Å². The summed E-state index contributed by atoms with van der Waals surface area (Å²) < 4.78 is 37.7. The van der Waals surface area contributed by atoms with Crippen molar-refractivity contribution >= 4 is 17.7 Å². The molecule has 9 heteroatoms. The number of amides is 2. The van der Waals surface area contributed by atoms with Gasteiger partial charge in [0.15, 0.2) is 0 Å². The fraction of sp³-hybridized carbons (Fsp3) is 0.500. The van der Waals surface area contributed by atoms with Crippen molar-refractivity contribution in [1.82, 2.24) is 9.88 Å². The lowest BCUT2D eigenvalue weighted by Gasteiger charge is -2.21. The average molecular weight is 331 g/mol. The summed E-state index contributed by atoms with van der Waals surface area (Å²) in [6.45, 7) is 3.22. The van der Waals surface area contributed by atoms with Gasteiger partial charge in [0.1, 0.15) is 5.69 Å². The van der Waals surface area contributed by atoms with Gasteiger partial charge in [-0.1, -0.05) is 0 Å². The van der Waals surface area contributed by atoms with E-state index in [4.69, 9.17) is 5.11 Å². The molecule has 2 N–H and O–H groups in total. The molecular formula is C14H16F3N3O3. The van der Waals surface area contributed by atoms with Gasteiger partial charge in [0.2, 0.25) is 0 Å². The first-order chi connectivity index (χ1) is 10.5. The van der Waals surface area contributed by atoms with Gasteiger partial charge in [-0.05, 0) is 32.4 Å². The van der Waals surface area contributed by atoms with Gasteiger partial charge in [-0.15, -0.1) is 0 Å². The lowest BCUT2D eigenvalue weighted by molar-refractivity contribution is -0.147. The molecule has 23 heavy (non-hydrogen) atoms. The number of carboxylic acids is 1. The molecule has 2 heterocycles. The molecule has 2 amide bonds. The zero-order valence-corrected chi connectivity index (χ0v) is 12.6. The van der Waals surface area contributed by atoms with Crippen LogP contribution in [0.1, 0.15) is 24.7 Å². The summed E-state index contributed by atoms with van der Waals surface area (Å²) in [5.74, 6) is -0.986. The Labute approximate surface area is 130 Å². The maximum atomic E-state index is 12.6. The van der Waals surface area contributed by atoms with E-state index >= 15 is 0 Å². The number of aromatic nitrogens is 1. The van der Waals surface area contributed by atoms with Crippen molar-refractivity contribution in [3.8, 4) is 0 Å². The van der Waals surface area contributed by atoms with Crippen molar-refractivity contribution in [3.05, 3.63) is 23.5 Å². The summed E-state index contributed by atoms with van der Waals surface area (Å²) in [4.78, 5) is 28.0. The largest absolute Gasteiger partial charge is 0.481 e. The maximum absolute atomic E-state index is 12.6. The van der Waals surface area contributed by atoms with E-state index in [0.29, 0.717) is 6.42 Å². The van der Waals surface area contributed by atoms with E-state index in [1.165, 1.54) is 11.8 Å². The molecule has 1 aliphatic heterocycles. The number of nitrogens with one attached hydrogen (secondary N) is 1. The smallest absolute Gasteiger partial charge is 0.433 e. The fourth-order valence-electron chi connectivity index (χ4n) is 2.35. The summed E-state index contributed by atoms with van der Waals surface area (Å²) in [5, 5.41) is 11.6. The van der Waals surface area contributed by atoms with Crippen LogP contribution in [0.15, 0.2) is 12.1 Å². The number of hydrogen-bond donors (Lipinski definition) is 2. The predicted octanol–water partition coefficient (Wildman–Crippen LogP) is 2.74. The number of aliphatic carboxylic acids is 1. The quantitative estimate of drug-likeness (QED) is 0.873. The molecule has 1 aromatic heterocycles. The second kappa shape index (κ2) is 5.71. The van der Waals surface area contributed by atoms with Crippen LogP contribution in [0.2, 0.25) is 0 Å². The monoisotopic (exact) mass is 331 g/mol. The van der Waals surface area contributed by atoms with Crippen LogP contribution in [-0.2, 0) is 11.0 Å². The van der Waals surface area contributed by atoms with Crippen molar-refractivity contribution in [1.29, 1.82) is 0 Å². The van der Waals surface area contributed by atoms with Crippen LogP contribution in [0, 0.1) is 12.3 Å². The van der Waals surface area contributed by atoms with E-state index in [-0.39, 0.29) is 24.5 Å². The van der Waals surface area contributed by atoms with Crippen LogP contribution in [0.25, 0.3) is 0 Å². The summed E-state index contributed by atoms with van der Waals surface area (Å²) in [6, 6.07) is 1.36. The highest BCUT2D eigenvalue weighted by Gasteiger charge is 2.42. The first-order valence-electron chi connectivity index (χ1n) is 6.87. The zero-order valence-electron chi connectivity index (χ0n) is 12.6. The molecule has 1 aliphatic rings. The summed E-state index contributed by atoms with van der Waals surface area (Å²) >= 11 is 0. The Morgan fingerprint density at radius 2 is 2.04 bits per heavy atom. The molecule has 126 valence electrons. The van der Waals surface area contributed by atoms with Gasteiger partial charge in [-0.3, -0.25) is 4.79 Å². The average Bonchev–Trinajstić information content (AvgIpc) is 2.84. The Kier molecular flexibility index (Phi) is 4.23. The second-order valence-electron chi connectivity index (χ2n) is 5.79. The third-order valence-electron chi connectivity index (χ3n) is 3.89. The lowest BCUT2D eigenvalue weighted by atomic mass is 9.90. The van der Waals surface area contributed by atoms with Gasteiger partial charge in [0.25, 0.3) is 0 Å². The molecule has 1 atom stereocenters. The van der Waals surface area contributed by atoms with Gasteiger partial charge in [0, 0.05) is 13.1 Å². The van der Waals surface area contributed by atoms with Gasteiger partial charge in [-0.25, -0.2) is 9.78 Å². The van der Waals surface area contributed by atoms with E-state index in [0.717, 1.165) is 12.1 Å². The van der Waals surface area contributed by atoms with Crippen LogP contribution in [0.5, 0.6) is 0 Å². The van der Waals surface area contributed by atoms with Crippen LogP contribution >= 0.6 is 0 Å². The van der Waals surface area contributed by atoms with Crippen molar-refractivity contribution in [2.75, 3.05) is 18.4 Å². The van der Waals surface area contributed by atoms with Crippen molar-refractivity contribution < 1.29 is 27.9 Å². The number of hydrogen-bond acceptors (Lipinski definition) is 3. The number of halogens is 3. The number of aryl methyl sites for hydroxylation is 1.